The SMILES string of the molecule is COc1ccc(CC(=O)O)cc1-c1ccc(-c2ccc3ncccc3c2)cc1CCNCCC(=O)COc1ccc(Cl)cc1. The maximum atomic E-state index is 12.4. The topological polar surface area (TPSA) is 97.8 Å². The van der Waals surface area contributed by atoms with Gasteiger partial charge in [0.2, 0.25) is 0 Å². The highest BCUT2D eigenvalue weighted by Crippen LogP contribution is 2.36. The van der Waals surface area contributed by atoms with Crippen molar-refractivity contribution < 1.29 is 24.2 Å². The van der Waals surface area contributed by atoms with Gasteiger partial charge in [-0.15, -0.1) is 0 Å². The Kier molecular flexibility index (Phi) is 10.2. The number of hydrogen-bond donors (Lipinski definition) is 2. The summed E-state index contributed by atoms with van der Waals surface area (Å²) in [5.74, 6) is 0.388. The Labute approximate surface area is 261 Å². The van der Waals surface area contributed by atoms with Gasteiger partial charge in [0, 0.05) is 35.1 Å². The number of methoxy groups -OCH3 is 1. The largest absolute Gasteiger partial charge is 0.496 e. The van der Waals surface area contributed by atoms with Gasteiger partial charge >= 0.3 is 5.97 Å². The summed E-state index contributed by atoms with van der Waals surface area (Å²) in [7, 11) is 1.61. The summed E-state index contributed by atoms with van der Waals surface area (Å²) in [6.45, 7) is 1.16. The van der Waals surface area contributed by atoms with Gasteiger partial charge in [0.25, 0.3) is 0 Å². The zero-order chi connectivity index (χ0) is 30.9. The number of ketones is 1. The van der Waals surface area contributed by atoms with Crippen molar-refractivity contribution in [2.24, 2.45) is 0 Å². The molecule has 7 nitrogen and oxygen atoms in total. The van der Waals surface area contributed by atoms with E-state index in [1.807, 2.05) is 30.3 Å². The third-order valence-corrected chi connectivity index (χ3v) is 7.57. The maximum absolute atomic E-state index is 12.4. The molecular formula is C36H33ClN2O5. The fourth-order valence-corrected chi connectivity index (χ4v) is 5.22. The lowest BCUT2D eigenvalue weighted by molar-refractivity contribution is -0.136. The molecule has 224 valence electrons. The van der Waals surface area contributed by atoms with E-state index in [1.54, 1.807) is 43.6 Å². The van der Waals surface area contributed by atoms with Gasteiger partial charge in [-0.1, -0.05) is 48.0 Å². The van der Waals surface area contributed by atoms with Crippen molar-refractivity contribution in [3.8, 4) is 33.8 Å². The lowest BCUT2D eigenvalue weighted by atomic mass is 9.91. The average molecular weight is 609 g/mol. The first-order valence-electron chi connectivity index (χ1n) is 14.4. The Hall–Kier alpha value is -4.72. The second-order valence-electron chi connectivity index (χ2n) is 10.4. The summed E-state index contributed by atoms with van der Waals surface area (Å²) in [5.41, 5.74) is 6.64. The summed E-state index contributed by atoms with van der Waals surface area (Å²) in [6.07, 6.45) is 2.73. The van der Waals surface area contributed by atoms with Gasteiger partial charge < -0.3 is 19.9 Å². The first kappa shape index (κ1) is 30.7. The van der Waals surface area contributed by atoms with Crippen LogP contribution in [0.3, 0.4) is 0 Å². The number of benzene rings is 4. The van der Waals surface area contributed by atoms with Crippen LogP contribution in [-0.4, -0.2) is 48.6 Å². The lowest BCUT2D eigenvalue weighted by Crippen LogP contribution is -2.23. The summed E-state index contributed by atoms with van der Waals surface area (Å²) >= 11 is 5.90. The van der Waals surface area contributed by atoms with E-state index >= 15 is 0 Å². The number of halogens is 1. The van der Waals surface area contributed by atoms with Crippen LogP contribution in [-0.2, 0) is 22.4 Å². The molecule has 0 amide bonds. The van der Waals surface area contributed by atoms with Crippen LogP contribution in [0, 0.1) is 0 Å². The van der Waals surface area contributed by atoms with Crippen molar-refractivity contribution in [1.29, 1.82) is 0 Å². The van der Waals surface area contributed by atoms with Crippen molar-refractivity contribution in [2.75, 3.05) is 26.8 Å². The first-order chi connectivity index (χ1) is 21.4. The molecule has 0 aliphatic carbocycles. The number of Topliss-reactive ketones (excluding diaryl/α,β-unsaturated/α-hetero) is 1. The van der Waals surface area contributed by atoms with Gasteiger partial charge in [0.1, 0.15) is 18.1 Å². The number of ether oxygens (including phenoxy) is 2. The predicted molar refractivity (Wildman–Crippen MR) is 174 cm³/mol. The molecule has 0 saturated carbocycles. The smallest absolute Gasteiger partial charge is 0.307 e. The molecule has 0 saturated heterocycles. The number of aromatic nitrogens is 1. The average Bonchev–Trinajstić information content (AvgIpc) is 3.03. The van der Waals surface area contributed by atoms with Crippen molar-refractivity contribution in [1.82, 2.24) is 10.3 Å². The Morgan fingerprint density at radius 1 is 0.886 bits per heavy atom. The monoisotopic (exact) mass is 608 g/mol. The molecule has 5 rings (SSSR count). The van der Waals surface area contributed by atoms with Crippen molar-refractivity contribution in [2.45, 2.75) is 19.3 Å². The number of rotatable bonds is 14. The summed E-state index contributed by atoms with van der Waals surface area (Å²) in [5, 5.41) is 14.4. The molecule has 44 heavy (non-hydrogen) atoms. The molecule has 0 aliphatic heterocycles. The number of nitrogens with one attached hydrogen (secondary N) is 1. The fraction of sp³-hybridized carbons (Fsp3) is 0.194. The number of nitrogens with zero attached hydrogens (tertiary/aromatic N) is 1. The van der Waals surface area contributed by atoms with Crippen LogP contribution in [0.1, 0.15) is 17.5 Å². The Bertz CT molecular complexity index is 1770. The zero-order valence-corrected chi connectivity index (χ0v) is 25.1. The van der Waals surface area contributed by atoms with Crippen LogP contribution in [0.15, 0.2) is 97.2 Å². The quantitative estimate of drug-likeness (QED) is 0.131. The number of carboxylic acid groups (broad SMARTS) is 1. The van der Waals surface area contributed by atoms with Crippen molar-refractivity contribution in [3.63, 3.8) is 0 Å². The van der Waals surface area contributed by atoms with Crippen molar-refractivity contribution >= 4 is 34.3 Å². The molecule has 0 unspecified atom stereocenters. The highest BCUT2D eigenvalue weighted by atomic mass is 35.5. The van der Waals surface area contributed by atoms with E-state index in [2.05, 4.69) is 40.6 Å². The standard InChI is InChI=1S/C36H33ClN2O5/c1-43-35-13-4-24(20-36(41)42)19-33(35)32-11-5-25(26-6-12-34-28(22-26)3-2-16-39-34)21-27(32)14-17-38-18-15-30(40)23-44-31-9-7-29(37)8-10-31/h2-13,16,19,21-22,38H,14-15,17-18,20,23H2,1H3,(H,41,42). The molecule has 8 heteroatoms. The number of aliphatic carboxylic acids is 1. The third-order valence-electron chi connectivity index (χ3n) is 7.32. The number of carboxylic acids is 1. The second-order valence-corrected chi connectivity index (χ2v) is 10.9. The number of pyridine rings is 1. The highest BCUT2D eigenvalue weighted by molar-refractivity contribution is 6.30. The minimum absolute atomic E-state index is 0.000845. The molecule has 2 N–H and O–H groups in total. The number of carbonyl (C=O) groups is 2. The molecule has 0 atom stereocenters. The van der Waals surface area contributed by atoms with E-state index in [4.69, 9.17) is 21.1 Å². The van der Waals surface area contributed by atoms with Crippen molar-refractivity contribution in [3.05, 3.63) is 113 Å². The Morgan fingerprint density at radius 2 is 1.68 bits per heavy atom. The van der Waals surface area contributed by atoms with Gasteiger partial charge in [-0.2, -0.15) is 0 Å². The third kappa shape index (κ3) is 8.01. The van der Waals surface area contributed by atoms with Crippen LogP contribution in [0.4, 0.5) is 0 Å². The van der Waals surface area contributed by atoms with Gasteiger partial charge in [0.15, 0.2) is 5.78 Å². The number of fused-ring (bicyclic) bond motifs is 1. The molecule has 0 aliphatic rings. The summed E-state index contributed by atoms with van der Waals surface area (Å²) in [4.78, 5) is 28.2. The van der Waals surface area contributed by atoms with E-state index in [1.165, 1.54) is 0 Å². The molecular weight excluding hydrogens is 576 g/mol. The predicted octanol–water partition coefficient (Wildman–Crippen LogP) is 7.03. The van der Waals surface area contributed by atoms with E-state index < -0.39 is 5.97 Å². The molecule has 4 aromatic carbocycles. The van der Waals surface area contributed by atoms with Gasteiger partial charge in [-0.25, -0.2) is 0 Å². The number of hydrogen-bond acceptors (Lipinski definition) is 6. The molecule has 0 radical (unpaired) electrons. The van der Waals surface area contributed by atoms with E-state index in [9.17, 15) is 14.7 Å². The first-order valence-corrected chi connectivity index (χ1v) is 14.8. The molecule has 0 spiro atoms. The van der Waals surface area contributed by atoms with Crippen LogP contribution in [0.5, 0.6) is 11.5 Å². The minimum atomic E-state index is -0.889. The van der Waals surface area contributed by atoms with Crippen LogP contribution < -0.4 is 14.8 Å². The van der Waals surface area contributed by atoms with Gasteiger partial charge in [0.05, 0.1) is 19.0 Å². The molecule has 5 aromatic rings. The van der Waals surface area contributed by atoms with Crippen LogP contribution >= 0.6 is 11.6 Å². The lowest BCUT2D eigenvalue weighted by Gasteiger charge is -2.17. The molecule has 0 fully saturated rings. The highest BCUT2D eigenvalue weighted by Gasteiger charge is 2.15. The molecule has 0 bridgehead atoms. The zero-order valence-electron chi connectivity index (χ0n) is 24.4. The number of carbonyl (C=O) groups excluding carboxylic acids is 1. The fourth-order valence-electron chi connectivity index (χ4n) is 5.09. The second kappa shape index (κ2) is 14.6. The normalized spacial score (nSPS) is 11.0. The van der Waals surface area contributed by atoms with Gasteiger partial charge in [-0.05, 0) is 95.4 Å². The van der Waals surface area contributed by atoms with E-state index in [0.717, 1.165) is 38.7 Å². The summed E-state index contributed by atoms with van der Waals surface area (Å²) < 4.78 is 11.2. The Balaban J connectivity index is 1.33. The maximum Gasteiger partial charge on any atom is 0.307 e. The molecule has 1 aromatic heterocycles. The van der Waals surface area contributed by atoms with E-state index in [-0.39, 0.29) is 18.8 Å². The van der Waals surface area contributed by atoms with Crippen LogP contribution in [0.2, 0.25) is 5.02 Å². The van der Waals surface area contributed by atoms with Crippen LogP contribution in [0.25, 0.3) is 33.2 Å². The Morgan fingerprint density at radius 3 is 2.48 bits per heavy atom. The van der Waals surface area contributed by atoms with E-state index in [0.29, 0.717) is 48.0 Å². The van der Waals surface area contributed by atoms with Gasteiger partial charge in [-0.3, -0.25) is 14.6 Å². The summed E-state index contributed by atoms with van der Waals surface area (Å²) in [6, 6.07) is 28.9. The molecule has 1 heterocycles. The minimum Gasteiger partial charge on any atom is -0.496 e.